The number of aromatic nitrogens is 2. The summed E-state index contributed by atoms with van der Waals surface area (Å²) in [4.78, 5) is 13.6. The van der Waals surface area contributed by atoms with E-state index < -0.39 is 11.4 Å². The van der Waals surface area contributed by atoms with Gasteiger partial charge < -0.3 is 5.11 Å². The summed E-state index contributed by atoms with van der Waals surface area (Å²) in [7, 11) is 0. The Morgan fingerprint density at radius 1 is 1.38 bits per heavy atom. The van der Waals surface area contributed by atoms with Gasteiger partial charge >= 0.3 is 5.97 Å². The van der Waals surface area contributed by atoms with Crippen molar-refractivity contribution < 1.29 is 9.90 Å². The molecule has 1 aromatic heterocycles. The zero-order valence-corrected chi connectivity index (χ0v) is 13.8. The van der Waals surface area contributed by atoms with E-state index in [-0.39, 0.29) is 0 Å². The number of hydrogen-bond acceptors (Lipinski definition) is 3. The molecule has 0 amide bonds. The minimum atomic E-state index is -0.688. The zero-order valence-electron chi connectivity index (χ0n) is 13.0. The van der Waals surface area contributed by atoms with Gasteiger partial charge in [-0.05, 0) is 46.2 Å². The van der Waals surface area contributed by atoms with E-state index in [0.29, 0.717) is 12.8 Å². The van der Waals surface area contributed by atoms with Crippen molar-refractivity contribution in [3.8, 4) is 0 Å². The van der Waals surface area contributed by atoms with Gasteiger partial charge in [0.25, 0.3) is 0 Å². The van der Waals surface area contributed by atoms with Crippen LogP contribution in [0.1, 0.15) is 45.0 Å². The Bertz CT molecular complexity index is 519. The maximum absolute atomic E-state index is 11.3. The van der Waals surface area contributed by atoms with Crippen LogP contribution in [-0.4, -0.2) is 38.8 Å². The quantitative estimate of drug-likeness (QED) is 0.908. The third-order valence-corrected chi connectivity index (χ3v) is 4.98. The maximum atomic E-state index is 11.3. The summed E-state index contributed by atoms with van der Waals surface area (Å²) in [5, 5.41) is 14.6. The van der Waals surface area contributed by atoms with Gasteiger partial charge in [-0.15, -0.1) is 0 Å². The molecule has 1 saturated heterocycles. The van der Waals surface area contributed by atoms with Gasteiger partial charge in [0.05, 0.1) is 21.8 Å². The van der Waals surface area contributed by atoms with Gasteiger partial charge in [-0.3, -0.25) is 14.4 Å². The maximum Gasteiger partial charge on any atom is 0.309 e. The number of aliphatic carboxylic acids is 1. The first kappa shape index (κ1) is 16.3. The molecule has 1 fully saturated rings. The van der Waals surface area contributed by atoms with Crippen LogP contribution in [0.5, 0.6) is 0 Å². The number of carbonyl (C=O) groups is 1. The molecule has 0 aliphatic carbocycles. The molecular weight excluding hydrogens is 290 g/mol. The molecule has 0 atom stereocenters. The second-order valence-electron chi connectivity index (χ2n) is 6.02. The summed E-state index contributed by atoms with van der Waals surface area (Å²) in [5.41, 5.74) is 1.41. The lowest BCUT2D eigenvalue weighted by molar-refractivity contribution is -0.150. The van der Waals surface area contributed by atoms with E-state index >= 15 is 0 Å². The largest absolute Gasteiger partial charge is 0.481 e. The van der Waals surface area contributed by atoms with Crippen molar-refractivity contribution >= 4 is 17.6 Å². The Morgan fingerprint density at radius 2 is 2.00 bits per heavy atom. The van der Waals surface area contributed by atoms with E-state index in [9.17, 15) is 9.90 Å². The molecule has 0 bridgehead atoms. The second kappa shape index (κ2) is 6.36. The average molecular weight is 314 g/mol. The molecule has 0 spiro atoms. The fourth-order valence-corrected chi connectivity index (χ4v) is 3.13. The molecule has 2 rings (SSSR count). The highest BCUT2D eigenvalue weighted by Gasteiger charge is 2.37. The van der Waals surface area contributed by atoms with Crippen LogP contribution in [0.4, 0.5) is 0 Å². The fraction of sp³-hybridized carbons (Fsp3) is 0.733. The predicted molar refractivity (Wildman–Crippen MR) is 82.5 cm³/mol. The van der Waals surface area contributed by atoms with Crippen molar-refractivity contribution in [1.29, 1.82) is 0 Å². The van der Waals surface area contributed by atoms with E-state index in [1.165, 1.54) is 0 Å². The highest BCUT2D eigenvalue weighted by Crippen LogP contribution is 2.32. The predicted octanol–water partition coefficient (Wildman–Crippen LogP) is 2.81. The molecule has 118 valence electrons. The van der Waals surface area contributed by atoms with Crippen molar-refractivity contribution in [2.75, 3.05) is 13.1 Å². The van der Waals surface area contributed by atoms with Crippen LogP contribution in [0.15, 0.2) is 0 Å². The first-order chi connectivity index (χ1) is 9.91. The number of carboxylic acids is 1. The van der Waals surface area contributed by atoms with Gasteiger partial charge in [0.2, 0.25) is 0 Å². The summed E-state index contributed by atoms with van der Waals surface area (Å²) in [6, 6.07) is 0. The molecule has 0 saturated carbocycles. The van der Waals surface area contributed by atoms with Gasteiger partial charge in [0.1, 0.15) is 0 Å². The SMILES string of the molecule is CCc1nn(CC)c(CN2CCC(C)(C(=O)O)CC2)c1Cl. The summed E-state index contributed by atoms with van der Waals surface area (Å²) >= 11 is 6.43. The highest BCUT2D eigenvalue weighted by atomic mass is 35.5. The molecule has 1 aromatic rings. The standard InChI is InChI=1S/C15H24ClN3O2/c1-4-11-13(16)12(19(5-2)17-11)10-18-8-6-15(3,7-9-18)14(20)21/h4-10H2,1-3H3,(H,20,21). The van der Waals surface area contributed by atoms with Crippen molar-refractivity contribution in [2.45, 2.75) is 53.1 Å². The molecule has 21 heavy (non-hydrogen) atoms. The van der Waals surface area contributed by atoms with Gasteiger partial charge in [-0.25, -0.2) is 0 Å². The number of hydrogen-bond donors (Lipinski definition) is 1. The van der Waals surface area contributed by atoms with Gasteiger partial charge in [-0.1, -0.05) is 18.5 Å². The summed E-state index contributed by atoms with van der Waals surface area (Å²) in [6.07, 6.45) is 2.19. The Balaban J connectivity index is 2.07. The van der Waals surface area contributed by atoms with Crippen LogP contribution >= 0.6 is 11.6 Å². The van der Waals surface area contributed by atoms with Crippen LogP contribution in [0, 0.1) is 5.41 Å². The summed E-state index contributed by atoms with van der Waals surface area (Å²) in [5.74, 6) is -0.688. The zero-order chi connectivity index (χ0) is 15.6. The number of carboxylic acid groups (broad SMARTS) is 1. The van der Waals surface area contributed by atoms with E-state index in [4.69, 9.17) is 11.6 Å². The Hall–Kier alpha value is -1.07. The smallest absolute Gasteiger partial charge is 0.309 e. The molecule has 6 heteroatoms. The number of aryl methyl sites for hydroxylation is 2. The molecule has 5 nitrogen and oxygen atoms in total. The first-order valence-corrected chi connectivity index (χ1v) is 7.99. The number of nitrogens with zero attached hydrogens (tertiary/aromatic N) is 3. The minimum Gasteiger partial charge on any atom is -0.481 e. The molecule has 1 aliphatic rings. The van der Waals surface area contributed by atoms with Crippen molar-refractivity contribution in [3.63, 3.8) is 0 Å². The van der Waals surface area contributed by atoms with Crippen LogP contribution in [0.2, 0.25) is 5.02 Å². The Labute approximate surface area is 130 Å². The topological polar surface area (TPSA) is 58.4 Å². The molecule has 0 unspecified atom stereocenters. The van der Waals surface area contributed by atoms with Crippen LogP contribution in [0.25, 0.3) is 0 Å². The van der Waals surface area contributed by atoms with Gasteiger partial charge in [0, 0.05) is 13.1 Å². The molecular formula is C15H24ClN3O2. The monoisotopic (exact) mass is 313 g/mol. The Kier molecular flexibility index (Phi) is 4.94. The first-order valence-electron chi connectivity index (χ1n) is 7.61. The number of rotatable bonds is 5. The fourth-order valence-electron chi connectivity index (χ4n) is 2.80. The molecule has 2 heterocycles. The molecule has 1 aliphatic heterocycles. The lowest BCUT2D eigenvalue weighted by atomic mass is 9.80. The third-order valence-electron chi connectivity index (χ3n) is 4.54. The van der Waals surface area contributed by atoms with E-state index in [1.807, 2.05) is 11.6 Å². The van der Waals surface area contributed by atoms with Crippen molar-refractivity contribution in [1.82, 2.24) is 14.7 Å². The molecule has 0 radical (unpaired) electrons. The van der Waals surface area contributed by atoms with Gasteiger partial charge in [0.15, 0.2) is 0 Å². The number of piperidine rings is 1. The van der Waals surface area contributed by atoms with Gasteiger partial charge in [-0.2, -0.15) is 5.10 Å². The van der Waals surface area contributed by atoms with Crippen molar-refractivity contribution in [3.05, 3.63) is 16.4 Å². The van der Waals surface area contributed by atoms with Crippen LogP contribution < -0.4 is 0 Å². The second-order valence-corrected chi connectivity index (χ2v) is 6.40. The normalized spacial score (nSPS) is 18.9. The van der Waals surface area contributed by atoms with E-state index in [2.05, 4.69) is 23.8 Å². The number of halogens is 1. The average Bonchev–Trinajstić information content (AvgIpc) is 2.77. The number of likely N-dealkylation sites (tertiary alicyclic amines) is 1. The lowest BCUT2D eigenvalue weighted by Gasteiger charge is -2.36. The third kappa shape index (κ3) is 3.24. The Morgan fingerprint density at radius 3 is 2.48 bits per heavy atom. The van der Waals surface area contributed by atoms with E-state index in [0.717, 1.165) is 49.0 Å². The molecule has 0 aromatic carbocycles. The summed E-state index contributed by atoms with van der Waals surface area (Å²) < 4.78 is 1.96. The van der Waals surface area contributed by atoms with Crippen molar-refractivity contribution in [2.24, 2.45) is 5.41 Å². The van der Waals surface area contributed by atoms with E-state index in [1.54, 1.807) is 0 Å². The van der Waals surface area contributed by atoms with Crippen LogP contribution in [0.3, 0.4) is 0 Å². The molecule has 1 N–H and O–H groups in total. The summed E-state index contributed by atoms with van der Waals surface area (Å²) in [6.45, 7) is 9.07. The highest BCUT2D eigenvalue weighted by molar-refractivity contribution is 6.31. The van der Waals surface area contributed by atoms with Crippen LogP contribution in [-0.2, 0) is 24.3 Å². The minimum absolute atomic E-state index is 0.583. The lowest BCUT2D eigenvalue weighted by Crippen LogP contribution is -2.42.